The Labute approximate surface area is 121 Å². The van der Waals surface area contributed by atoms with Crippen LogP contribution in [0.1, 0.15) is 44.0 Å². The quantitative estimate of drug-likeness (QED) is 0.921. The lowest BCUT2D eigenvalue weighted by Crippen LogP contribution is -2.32. The van der Waals surface area contributed by atoms with Gasteiger partial charge in [0.05, 0.1) is 16.4 Å². The Morgan fingerprint density at radius 1 is 1.37 bits per heavy atom. The molecular formula is C15H26ClN3. The molecule has 1 aliphatic carbocycles. The van der Waals surface area contributed by atoms with Gasteiger partial charge in [-0.2, -0.15) is 5.10 Å². The molecule has 2 N–H and O–H groups in total. The van der Waals surface area contributed by atoms with Crippen molar-refractivity contribution in [3.05, 3.63) is 16.4 Å². The summed E-state index contributed by atoms with van der Waals surface area (Å²) in [6.07, 6.45) is 6.21. The number of rotatable bonds is 4. The second-order valence-corrected chi connectivity index (χ2v) is 6.39. The van der Waals surface area contributed by atoms with Crippen LogP contribution in [0.4, 0.5) is 0 Å². The Hall–Kier alpha value is -0.540. The maximum atomic E-state index is 6.38. The van der Waals surface area contributed by atoms with E-state index in [1.54, 1.807) is 0 Å². The first-order valence-corrected chi connectivity index (χ1v) is 7.82. The number of nitrogens with zero attached hydrogens (tertiary/aromatic N) is 2. The van der Waals surface area contributed by atoms with Crippen LogP contribution >= 0.6 is 11.6 Å². The number of aromatic nitrogens is 2. The molecule has 1 aromatic heterocycles. The highest BCUT2D eigenvalue weighted by atomic mass is 35.5. The van der Waals surface area contributed by atoms with Crippen molar-refractivity contribution in [2.24, 2.45) is 30.5 Å². The summed E-state index contributed by atoms with van der Waals surface area (Å²) in [6, 6.07) is 0. The molecule has 0 saturated heterocycles. The molecule has 0 radical (unpaired) electrons. The highest BCUT2D eigenvalue weighted by molar-refractivity contribution is 6.31. The first-order chi connectivity index (χ1) is 9.06. The Morgan fingerprint density at radius 3 is 2.63 bits per heavy atom. The van der Waals surface area contributed by atoms with Crippen LogP contribution in [0.25, 0.3) is 0 Å². The third-order valence-corrected chi connectivity index (χ3v) is 5.34. The van der Waals surface area contributed by atoms with Crippen LogP contribution in [0.3, 0.4) is 0 Å². The molecule has 1 aromatic rings. The van der Waals surface area contributed by atoms with Crippen molar-refractivity contribution in [3.8, 4) is 0 Å². The molecule has 0 aromatic carbocycles. The van der Waals surface area contributed by atoms with Gasteiger partial charge in [0.1, 0.15) is 0 Å². The molecule has 1 heterocycles. The van der Waals surface area contributed by atoms with Crippen LogP contribution in [0.15, 0.2) is 0 Å². The fourth-order valence-electron chi connectivity index (χ4n) is 3.51. The van der Waals surface area contributed by atoms with Crippen molar-refractivity contribution in [1.29, 1.82) is 0 Å². The molecule has 108 valence electrons. The Bertz CT molecular complexity index is 427. The minimum absolute atomic E-state index is 0.647. The van der Waals surface area contributed by atoms with Crippen LogP contribution in [0, 0.1) is 24.7 Å². The molecule has 3 atom stereocenters. The predicted octanol–water partition coefficient (Wildman–Crippen LogP) is 3.33. The van der Waals surface area contributed by atoms with Gasteiger partial charge in [-0.1, -0.05) is 31.4 Å². The number of hydrogen-bond donors (Lipinski definition) is 1. The zero-order valence-corrected chi connectivity index (χ0v) is 13.1. The number of halogens is 1. The summed E-state index contributed by atoms with van der Waals surface area (Å²) in [7, 11) is 1.99. The van der Waals surface area contributed by atoms with E-state index in [1.165, 1.54) is 31.4 Å². The third-order valence-electron chi connectivity index (χ3n) is 4.85. The van der Waals surface area contributed by atoms with E-state index in [0.29, 0.717) is 11.8 Å². The first kappa shape index (κ1) is 14.9. The van der Waals surface area contributed by atoms with Crippen LogP contribution in [-0.4, -0.2) is 16.3 Å². The van der Waals surface area contributed by atoms with E-state index >= 15 is 0 Å². The monoisotopic (exact) mass is 283 g/mol. The molecule has 0 bridgehead atoms. The molecule has 0 amide bonds. The van der Waals surface area contributed by atoms with E-state index in [1.807, 2.05) is 18.7 Å². The fourth-order valence-corrected chi connectivity index (χ4v) is 3.74. The molecule has 3 unspecified atom stereocenters. The predicted molar refractivity (Wildman–Crippen MR) is 80.3 cm³/mol. The Kier molecular flexibility index (Phi) is 4.91. The van der Waals surface area contributed by atoms with Crippen molar-refractivity contribution < 1.29 is 0 Å². The summed E-state index contributed by atoms with van der Waals surface area (Å²) in [5, 5.41) is 5.26. The van der Waals surface area contributed by atoms with Crippen LogP contribution in [-0.2, 0) is 13.5 Å². The summed E-state index contributed by atoms with van der Waals surface area (Å²) in [5.74, 6) is 2.17. The largest absolute Gasteiger partial charge is 0.330 e. The molecular weight excluding hydrogens is 258 g/mol. The zero-order chi connectivity index (χ0) is 14.0. The lowest BCUT2D eigenvalue weighted by Gasteiger charge is -2.35. The average Bonchev–Trinajstić information content (AvgIpc) is 2.65. The number of aryl methyl sites for hydroxylation is 2. The van der Waals surface area contributed by atoms with E-state index in [4.69, 9.17) is 17.3 Å². The highest BCUT2D eigenvalue weighted by Crippen LogP contribution is 2.38. The van der Waals surface area contributed by atoms with Crippen molar-refractivity contribution in [1.82, 2.24) is 9.78 Å². The molecule has 4 heteroatoms. The lowest BCUT2D eigenvalue weighted by atomic mass is 9.71. The van der Waals surface area contributed by atoms with Crippen molar-refractivity contribution in [3.63, 3.8) is 0 Å². The van der Waals surface area contributed by atoms with Gasteiger partial charge in [-0.15, -0.1) is 0 Å². The Balaban J connectivity index is 2.14. The number of hydrogen-bond acceptors (Lipinski definition) is 2. The molecule has 19 heavy (non-hydrogen) atoms. The van der Waals surface area contributed by atoms with Crippen LogP contribution in [0.5, 0.6) is 0 Å². The summed E-state index contributed by atoms with van der Waals surface area (Å²) in [5.41, 5.74) is 8.08. The molecule has 0 aliphatic heterocycles. The fraction of sp³-hybridized carbons (Fsp3) is 0.800. The van der Waals surface area contributed by atoms with Crippen LogP contribution < -0.4 is 5.73 Å². The summed E-state index contributed by atoms with van der Waals surface area (Å²) >= 11 is 6.38. The second-order valence-electron chi connectivity index (χ2n) is 6.02. The highest BCUT2D eigenvalue weighted by Gasteiger charge is 2.30. The van der Waals surface area contributed by atoms with Crippen LogP contribution in [0.2, 0.25) is 5.02 Å². The van der Waals surface area contributed by atoms with E-state index in [9.17, 15) is 0 Å². The molecule has 1 aliphatic rings. The first-order valence-electron chi connectivity index (χ1n) is 7.44. The smallest absolute Gasteiger partial charge is 0.0847 e. The van der Waals surface area contributed by atoms with Gasteiger partial charge in [0.25, 0.3) is 0 Å². The molecule has 0 spiro atoms. The average molecular weight is 284 g/mol. The minimum Gasteiger partial charge on any atom is -0.330 e. The normalized spacial score (nSPS) is 27.7. The molecule has 3 nitrogen and oxygen atoms in total. The van der Waals surface area contributed by atoms with Gasteiger partial charge in [-0.25, -0.2) is 0 Å². The van der Waals surface area contributed by atoms with Crippen molar-refractivity contribution >= 4 is 11.6 Å². The minimum atomic E-state index is 0.647. The molecule has 2 rings (SSSR count). The van der Waals surface area contributed by atoms with E-state index < -0.39 is 0 Å². The molecule has 1 saturated carbocycles. The summed E-state index contributed by atoms with van der Waals surface area (Å²) in [4.78, 5) is 0. The molecule has 1 fully saturated rings. The van der Waals surface area contributed by atoms with Crippen molar-refractivity contribution in [2.45, 2.75) is 46.0 Å². The third kappa shape index (κ3) is 3.14. The lowest BCUT2D eigenvalue weighted by molar-refractivity contribution is 0.178. The van der Waals surface area contributed by atoms with E-state index in [-0.39, 0.29) is 0 Å². The van der Waals surface area contributed by atoms with E-state index in [0.717, 1.165) is 29.6 Å². The maximum Gasteiger partial charge on any atom is 0.0847 e. The van der Waals surface area contributed by atoms with Gasteiger partial charge in [-0.3, -0.25) is 4.68 Å². The van der Waals surface area contributed by atoms with Gasteiger partial charge in [0.2, 0.25) is 0 Å². The zero-order valence-electron chi connectivity index (χ0n) is 12.3. The maximum absolute atomic E-state index is 6.38. The van der Waals surface area contributed by atoms with Gasteiger partial charge in [0, 0.05) is 7.05 Å². The number of nitrogens with two attached hydrogens (primary N) is 1. The van der Waals surface area contributed by atoms with Gasteiger partial charge in [0.15, 0.2) is 0 Å². The Morgan fingerprint density at radius 2 is 2.11 bits per heavy atom. The van der Waals surface area contributed by atoms with Crippen molar-refractivity contribution in [2.75, 3.05) is 6.54 Å². The summed E-state index contributed by atoms with van der Waals surface area (Å²) in [6.45, 7) is 5.07. The van der Waals surface area contributed by atoms with Gasteiger partial charge < -0.3 is 5.73 Å². The standard InChI is InChI=1S/C15H26ClN3/c1-4-11-5-6-12(9-17)13(7-11)8-14-15(16)10(2)18-19(14)3/h11-13H,4-9,17H2,1-3H3. The van der Waals surface area contributed by atoms with Gasteiger partial charge in [-0.05, 0) is 50.5 Å². The summed E-state index contributed by atoms with van der Waals surface area (Å²) < 4.78 is 1.95. The van der Waals surface area contributed by atoms with Gasteiger partial charge >= 0.3 is 0 Å². The topological polar surface area (TPSA) is 43.8 Å². The second kappa shape index (κ2) is 6.27. The SMILES string of the molecule is CCC1CCC(CN)C(Cc2c(Cl)c(C)nn2C)C1. The van der Waals surface area contributed by atoms with E-state index in [2.05, 4.69) is 12.0 Å².